The van der Waals surface area contributed by atoms with Crippen LogP contribution in [0.1, 0.15) is 16.8 Å². The molecular weight excluding hydrogens is 324 g/mol. The number of H-pyrrole nitrogens is 1. The molecule has 1 aromatic heterocycles. The Labute approximate surface area is 145 Å². The summed E-state index contributed by atoms with van der Waals surface area (Å²) >= 11 is 0. The molecule has 1 aromatic carbocycles. The normalized spacial score (nSPS) is 14.0. The van der Waals surface area contributed by atoms with Gasteiger partial charge in [-0.25, -0.2) is 4.98 Å². The fraction of sp³-hybridized carbons (Fsp3) is 0.412. The number of nitrogens with one attached hydrogen (secondary N) is 1. The van der Waals surface area contributed by atoms with Crippen LogP contribution in [0.3, 0.4) is 0 Å². The Morgan fingerprint density at radius 3 is 2.52 bits per heavy atom. The number of hydrogen-bond acceptors (Lipinski definition) is 7. The number of anilines is 1. The second-order valence-corrected chi connectivity index (χ2v) is 5.86. The van der Waals surface area contributed by atoms with Crippen LogP contribution in [0.5, 0.6) is 17.2 Å². The minimum atomic E-state index is -0.175. The molecule has 0 saturated heterocycles. The van der Waals surface area contributed by atoms with Gasteiger partial charge in [0.25, 0.3) is 5.56 Å². The van der Waals surface area contributed by atoms with Gasteiger partial charge >= 0.3 is 0 Å². The monoisotopic (exact) mass is 346 g/mol. The quantitative estimate of drug-likeness (QED) is 0.830. The number of aromatic nitrogens is 2. The highest BCUT2D eigenvalue weighted by Crippen LogP contribution is 2.35. The highest BCUT2D eigenvalue weighted by molar-refractivity contribution is 5.50. The Hall–Kier alpha value is -2.74. The minimum absolute atomic E-state index is 0.166. The summed E-state index contributed by atoms with van der Waals surface area (Å²) in [5, 5.41) is 0. The molecule has 2 aromatic rings. The SMILES string of the molecule is COc1cc(OC)c(OC)cc1CN1CCc2nc(N)[nH]c(=O)c2C1. The molecule has 0 aliphatic carbocycles. The van der Waals surface area contributed by atoms with Crippen LogP contribution in [-0.2, 0) is 19.5 Å². The number of fused-ring (bicyclic) bond motifs is 1. The Balaban J connectivity index is 1.87. The van der Waals surface area contributed by atoms with E-state index in [1.165, 1.54) is 0 Å². The van der Waals surface area contributed by atoms with Crippen molar-refractivity contribution in [1.29, 1.82) is 0 Å². The summed E-state index contributed by atoms with van der Waals surface area (Å²) in [6, 6.07) is 3.71. The summed E-state index contributed by atoms with van der Waals surface area (Å²) < 4.78 is 16.2. The van der Waals surface area contributed by atoms with Gasteiger partial charge in [-0.1, -0.05) is 0 Å². The summed E-state index contributed by atoms with van der Waals surface area (Å²) in [7, 11) is 4.80. The van der Waals surface area contributed by atoms with Crippen LogP contribution in [0, 0.1) is 0 Å². The number of rotatable bonds is 5. The van der Waals surface area contributed by atoms with E-state index in [2.05, 4.69) is 14.9 Å². The predicted molar refractivity (Wildman–Crippen MR) is 93.2 cm³/mol. The van der Waals surface area contributed by atoms with Gasteiger partial charge in [0.1, 0.15) is 5.75 Å². The van der Waals surface area contributed by atoms with E-state index < -0.39 is 0 Å². The molecule has 0 saturated carbocycles. The molecule has 2 heterocycles. The van der Waals surface area contributed by atoms with Crippen molar-refractivity contribution in [3.05, 3.63) is 39.3 Å². The van der Waals surface area contributed by atoms with Crippen LogP contribution in [0.2, 0.25) is 0 Å². The highest BCUT2D eigenvalue weighted by atomic mass is 16.5. The molecule has 8 nitrogen and oxygen atoms in total. The van der Waals surface area contributed by atoms with Gasteiger partial charge in [0.2, 0.25) is 5.95 Å². The third kappa shape index (κ3) is 3.39. The van der Waals surface area contributed by atoms with Gasteiger partial charge in [0, 0.05) is 37.7 Å². The lowest BCUT2D eigenvalue weighted by Crippen LogP contribution is -2.35. The van der Waals surface area contributed by atoms with Crippen molar-refractivity contribution in [2.75, 3.05) is 33.6 Å². The topological polar surface area (TPSA) is 103 Å². The average molecular weight is 346 g/mol. The molecule has 1 aliphatic rings. The Kier molecular flexibility index (Phi) is 4.80. The zero-order chi connectivity index (χ0) is 18.0. The average Bonchev–Trinajstić information content (AvgIpc) is 2.61. The van der Waals surface area contributed by atoms with E-state index in [9.17, 15) is 4.79 Å². The van der Waals surface area contributed by atoms with Gasteiger partial charge in [-0.15, -0.1) is 0 Å². The first-order valence-corrected chi connectivity index (χ1v) is 7.94. The first-order chi connectivity index (χ1) is 12.0. The molecule has 0 spiro atoms. The fourth-order valence-corrected chi connectivity index (χ4v) is 3.09. The zero-order valence-corrected chi connectivity index (χ0v) is 14.6. The maximum absolute atomic E-state index is 12.1. The van der Waals surface area contributed by atoms with Gasteiger partial charge in [0.15, 0.2) is 11.5 Å². The maximum Gasteiger partial charge on any atom is 0.257 e. The van der Waals surface area contributed by atoms with Crippen molar-refractivity contribution < 1.29 is 14.2 Å². The first kappa shape index (κ1) is 17.1. The number of aromatic amines is 1. The Bertz CT molecular complexity index is 834. The van der Waals surface area contributed by atoms with Crippen LogP contribution in [0.4, 0.5) is 5.95 Å². The predicted octanol–water partition coefficient (Wildman–Crippen LogP) is 0.936. The lowest BCUT2D eigenvalue weighted by Gasteiger charge is -2.28. The molecule has 25 heavy (non-hydrogen) atoms. The van der Waals surface area contributed by atoms with Crippen LogP contribution in [-0.4, -0.2) is 42.7 Å². The number of methoxy groups -OCH3 is 3. The van der Waals surface area contributed by atoms with Crippen molar-refractivity contribution >= 4 is 5.95 Å². The molecular formula is C17H22N4O4. The van der Waals surface area contributed by atoms with E-state index in [0.29, 0.717) is 42.3 Å². The maximum atomic E-state index is 12.1. The number of benzene rings is 1. The Morgan fingerprint density at radius 1 is 1.16 bits per heavy atom. The second kappa shape index (κ2) is 7.02. The number of nitrogens with zero attached hydrogens (tertiary/aromatic N) is 2. The lowest BCUT2D eigenvalue weighted by atomic mass is 10.1. The van der Waals surface area contributed by atoms with E-state index in [1.807, 2.05) is 6.07 Å². The number of nitrogens with two attached hydrogens (primary N) is 1. The number of nitrogen functional groups attached to an aromatic ring is 1. The van der Waals surface area contributed by atoms with Gasteiger partial charge in [-0.3, -0.25) is 14.7 Å². The van der Waals surface area contributed by atoms with Crippen molar-refractivity contribution in [1.82, 2.24) is 14.9 Å². The van der Waals surface area contributed by atoms with Gasteiger partial charge in [-0.2, -0.15) is 0 Å². The van der Waals surface area contributed by atoms with Crippen molar-refractivity contribution in [3.8, 4) is 17.2 Å². The molecule has 3 N–H and O–H groups in total. The summed E-state index contributed by atoms with van der Waals surface area (Å²) in [4.78, 5) is 21.1. The summed E-state index contributed by atoms with van der Waals surface area (Å²) in [5.41, 5.74) is 7.84. The van der Waals surface area contributed by atoms with Crippen LogP contribution < -0.4 is 25.5 Å². The molecule has 0 amide bonds. The molecule has 0 atom stereocenters. The third-order valence-electron chi connectivity index (χ3n) is 4.35. The van der Waals surface area contributed by atoms with Gasteiger partial charge in [0.05, 0.1) is 32.6 Å². The Morgan fingerprint density at radius 2 is 1.84 bits per heavy atom. The number of hydrogen-bond donors (Lipinski definition) is 2. The number of ether oxygens (including phenoxy) is 3. The molecule has 134 valence electrons. The van der Waals surface area contributed by atoms with Gasteiger partial charge in [-0.05, 0) is 6.07 Å². The lowest BCUT2D eigenvalue weighted by molar-refractivity contribution is 0.237. The molecule has 0 unspecified atom stereocenters. The van der Waals surface area contributed by atoms with Crippen molar-refractivity contribution in [2.45, 2.75) is 19.5 Å². The smallest absolute Gasteiger partial charge is 0.257 e. The zero-order valence-electron chi connectivity index (χ0n) is 14.6. The van der Waals surface area contributed by atoms with E-state index >= 15 is 0 Å². The van der Waals surface area contributed by atoms with E-state index in [4.69, 9.17) is 19.9 Å². The molecule has 0 bridgehead atoms. The second-order valence-electron chi connectivity index (χ2n) is 5.86. The van der Waals surface area contributed by atoms with E-state index in [1.54, 1.807) is 27.4 Å². The van der Waals surface area contributed by atoms with Gasteiger partial charge < -0.3 is 19.9 Å². The summed E-state index contributed by atoms with van der Waals surface area (Å²) in [6.45, 7) is 1.91. The minimum Gasteiger partial charge on any atom is -0.496 e. The summed E-state index contributed by atoms with van der Waals surface area (Å²) in [5.74, 6) is 2.14. The molecule has 3 rings (SSSR count). The molecule has 8 heteroatoms. The largest absolute Gasteiger partial charge is 0.496 e. The van der Waals surface area contributed by atoms with E-state index in [0.717, 1.165) is 17.8 Å². The summed E-state index contributed by atoms with van der Waals surface area (Å²) in [6.07, 6.45) is 0.680. The molecule has 0 fully saturated rings. The van der Waals surface area contributed by atoms with Crippen LogP contribution >= 0.6 is 0 Å². The molecule has 1 aliphatic heterocycles. The van der Waals surface area contributed by atoms with Crippen molar-refractivity contribution in [3.63, 3.8) is 0 Å². The van der Waals surface area contributed by atoms with E-state index in [-0.39, 0.29) is 11.5 Å². The van der Waals surface area contributed by atoms with Crippen LogP contribution in [0.25, 0.3) is 0 Å². The van der Waals surface area contributed by atoms with Crippen LogP contribution in [0.15, 0.2) is 16.9 Å². The standard InChI is InChI=1S/C17H22N4O4/c1-23-13-7-15(25-3)14(24-2)6-10(13)8-21-5-4-12-11(9-21)16(22)20-17(18)19-12/h6-7H,4-5,8-9H2,1-3H3,(H3,18,19,20,22). The first-order valence-electron chi connectivity index (χ1n) is 7.94. The third-order valence-corrected chi connectivity index (χ3v) is 4.35. The molecule has 0 radical (unpaired) electrons. The highest BCUT2D eigenvalue weighted by Gasteiger charge is 2.22. The van der Waals surface area contributed by atoms with Crippen molar-refractivity contribution in [2.24, 2.45) is 0 Å². The fourth-order valence-electron chi connectivity index (χ4n) is 3.09.